The van der Waals surface area contributed by atoms with E-state index in [-0.39, 0.29) is 0 Å². The average Bonchev–Trinajstić information content (AvgIpc) is 2.83. The molecule has 0 radical (unpaired) electrons. The Labute approximate surface area is 146 Å². The maximum Gasteiger partial charge on any atom is 0.0409 e. The van der Waals surface area contributed by atoms with Gasteiger partial charge in [0, 0.05) is 50.8 Å². The van der Waals surface area contributed by atoms with Gasteiger partial charge in [0.1, 0.15) is 0 Å². The molecular formula is C19H30ClN3. The van der Waals surface area contributed by atoms with Crippen LogP contribution in [0.4, 0.5) is 0 Å². The summed E-state index contributed by atoms with van der Waals surface area (Å²) in [7, 11) is 0. The van der Waals surface area contributed by atoms with Crippen LogP contribution in [-0.2, 0) is 6.54 Å². The van der Waals surface area contributed by atoms with Gasteiger partial charge in [0.2, 0.25) is 0 Å². The maximum atomic E-state index is 6.08. The Morgan fingerprint density at radius 1 is 0.739 bits per heavy atom. The number of halogens is 1. The van der Waals surface area contributed by atoms with Crippen LogP contribution in [0.25, 0.3) is 0 Å². The van der Waals surface area contributed by atoms with Gasteiger partial charge in [-0.05, 0) is 43.6 Å². The van der Waals surface area contributed by atoms with Crippen molar-refractivity contribution in [2.75, 3.05) is 52.4 Å². The Morgan fingerprint density at radius 2 is 1.35 bits per heavy atom. The number of likely N-dealkylation sites (tertiary alicyclic amines) is 1. The first-order chi connectivity index (χ1) is 11.3. The molecule has 0 unspecified atom stereocenters. The molecule has 0 amide bonds. The van der Waals surface area contributed by atoms with Crippen molar-refractivity contribution in [1.29, 1.82) is 0 Å². The van der Waals surface area contributed by atoms with Gasteiger partial charge in [0.25, 0.3) is 0 Å². The van der Waals surface area contributed by atoms with E-state index in [2.05, 4.69) is 32.9 Å². The fraction of sp³-hybridized carbons (Fsp3) is 0.684. The molecule has 0 bridgehead atoms. The molecule has 2 saturated heterocycles. The fourth-order valence-corrected chi connectivity index (χ4v) is 3.92. The highest BCUT2D eigenvalue weighted by molar-refractivity contribution is 6.30. The number of rotatable bonds is 5. The number of benzene rings is 1. The van der Waals surface area contributed by atoms with Crippen LogP contribution in [0.15, 0.2) is 24.3 Å². The second-order valence-corrected chi connectivity index (χ2v) is 7.44. The Kier molecular flexibility index (Phi) is 6.76. The molecule has 128 valence electrons. The number of hydrogen-bond acceptors (Lipinski definition) is 3. The lowest BCUT2D eigenvalue weighted by atomic mass is 10.2. The Balaban J connectivity index is 1.36. The van der Waals surface area contributed by atoms with Gasteiger partial charge in [-0.25, -0.2) is 0 Å². The molecule has 2 fully saturated rings. The van der Waals surface area contributed by atoms with Gasteiger partial charge in [-0.2, -0.15) is 0 Å². The molecule has 3 rings (SSSR count). The van der Waals surface area contributed by atoms with Crippen molar-refractivity contribution in [2.45, 2.75) is 32.2 Å². The predicted molar refractivity (Wildman–Crippen MR) is 98.1 cm³/mol. The molecular weight excluding hydrogens is 306 g/mol. The van der Waals surface area contributed by atoms with Crippen LogP contribution in [0, 0.1) is 0 Å². The molecule has 23 heavy (non-hydrogen) atoms. The van der Waals surface area contributed by atoms with E-state index < -0.39 is 0 Å². The van der Waals surface area contributed by atoms with Crippen molar-refractivity contribution in [1.82, 2.24) is 14.7 Å². The largest absolute Gasteiger partial charge is 0.302 e. The monoisotopic (exact) mass is 335 g/mol. The van der Waals surface area contributed by atoms with Crippen LogP contribution in [0.5, 0.6) is 0 Å². The zero-order valence-electron chi connectivity index (χ0n) is 14.2. The highest BCUT2D eigenvalue weighted by Crippen LogP contribution is 2.14. The molecule has 0 aromatic heterocycles. The highest BCUT2D eigenvalue weighted by atomic mass is 35.5. The summed E-state index contributed by atoms with van der Waals surface area (Å²) >= 11 is 6.08. The summed E-state index contributed by atoms with van der Waals surface area (Å²) in [5, 5.41) is 0.846. The van der Waals surface area contributed by atoms with Gasteiger partial charge >= 0.3 is 0 Å². The Morgan fingerprint density at radius 3 is 2.00 bits per heavy atom. The van der Waals surface area contributed by atoms with Gasteiger partial charge in [-0.1, -0.05) is 36.6 Å². The Bertz CT molecular complexity index is 463. The molecule has 3 nitrogen and oxygen atoms in total. The van der Waals surface area contributed by atoms with Gasteiger partial charge in [0.15, 0.2) is 0 Å². The summed E-state index contributed by atoms with van der Waals surface area (Å²) in [6.45, 7) is 10.9. The van der Waals surface area contributed by atoms with E-state index in [1.54, 1.807) is 0 Å². The summed E-state index contributed by atoms with van der Waals surface area (Å²) in [6.07, 6.45) is 5.65. The zero-order chi connectivity index (χ0) is 15.9. The summed E-state index contributed by atoms with van der Waals surface area (Å²) in [4.78, 5) is 7.86. The van der Waals surface area contributed by atoms with Gasteiger partial charge < -0.3 is 4.90 Å². The molecule has 0 atom stereocenters. The number of piperazine rings is 1. The van der Waals surface area contributed by atoms with Gasteiger partial charge in [0.05, 0.1) is 0 Å². The molecule has 4 heteroatoms. The molecule has 0 aliphatic carbocycles. The van der Waals surface area contributed by atoms with Crippen LogP contribution in [-0.4, -0.2) is 67.1 Å². The van der Waals surface area contributed by atoms with Crippen LogP contribution >= 0.6 is 11.6 Å². The average molecular weight is 336 g/mol. The molecule has 1 aromatic carbocycles. The molecule has 2 aliphatic rings. The molecule has 0 saturated carbocycles. The molecule has 2 aliphatic heterocycles. The normalized spacial score (nSPS) is 22.1. The lowest BCUT2D eigenvalue weighted by Gasteiger charge is -2.35. The van der Waals surface area contributed by atoms with Crippen LogP contribution in [0.1, 0.15) is 31.2 Å². The third-order valence-electron chi connectivity index (χ3n) is 5.19. The lowest BCUT2D eigenvalue weighted by molar-refractivity contribution is 0.114. The van der Waals surface area contributed by atoms with Crippen LogP contribution in [0.2, 0.25) is 5.02 Å². The van der Waals surface area contributed by atoms with E-state index in [4.69, 9.17) is 11.6 Å². The van der Waals surface area contributed by atoms with Crippen LogP contribution < -0.4 is 0 Å². The first kappa shape index (κ1) is 17.2. The third kappa shape index (κ3) is 5.75. The standard InChI is InChI=1S/C19H30ClN3/c20-19-7-5-6-18(16-19)17-23-14-12-22(13-15-23)11-10-21-8-3-1-2-4-9-21/h5-7,16H,1-4,8-15,17H2. The third-order valence-corrected chi connectivity index (χ3v) is 5.43. The summed E-state index contributed by atoms with van der Waals surface area (Å²) in [5.41, 5.74) is 1.33. The molecule has 1 aromatic rings. The van der Waals surface area contributed by atoms with Crippen molar-refractivity contribution < 1.29 is 0 Å². The SMILES string of the molecule is Clc1cccc(CN2CCN(CCN3CCCCCC3)CC2)c1. The van der Waals surface area contributed by atoms with Crippen molar-refractivity contribution in [2.24, 2.45) is 0 Å². The maximum absolute atomic E-state index is 6.08. The Hall–Kier alpha value is -0.610. The lowest BCUT2D eigenvalue weighted by Crippen LogP contribution is -2.48. The molecule has 0 spiro atoms. The van der Waals surface area contributed by atoms with Gasteiger partial charge in [-0.15, -0.1) is 0 Å². The summed E-state index contributed by atoms with van der Waals surface area (Å²) in [5.74, 6) is 0. The quantitative estimate of drug-likeness (QED) is 0.817. The smallest absolute Gasteiger partial charge is 0.0409 e. The number of hydrogen-bond donors (Lipinski definition) is 0. The van der Waals surface area contributed by atoms with E-state index in [1.807, 2.05) is 6.07 Å². The fourth-order valence-electron chi connectivity index (χ4n) is 3.71. The van der Waals surface area contributed by atoms with E-state index in [1.165, 1.54) is 83.6 Å². The summed E-state index contributed by atoms with van der Waals surface area (Å²) in [6, 6.07) is 8.27. The summed E-state index contributed by atoms with van der Waals surface area (Å²) < 4.78 is 0. The molecule has 0 N–H and O–H groups in total. The van der Waals surface area contributed by atoms with Crippen molar-refractivity contribution in [3.8, 4) is 0 Å². The molecule has 2 heterocycles. The topological polar surface area (TPSA) is 9.72 Å². The number of nitrogens with zero attached hydrogens (tertiary/aromatic N) is 3. The van der Waals surface area contributed by atoms with E-state index in [0.29, 0.717) is 0 Å². The second-order valence-electron chi connectivity index (χ2n) is 7.00. The minimum atomic E-state index is 0.846. The van der Waals surface area contributed by atoms with E-state index >= 15 is 0 Å². The van der Waals surface area contributed by atoms with Crippen LogP contribution in [0.3, 0.4) is 0 Å². The van der Waals surface area contributed by atoms with Crippen molar-refractivity contribution in [3.63, 3.8) is 0 Å². The van der Waals surface area contributed by atoms with E-state index in [0.717, 1.165) is 11.6 Å². The predicted octanol–water partition coefficient (Wildman–Crippen LogP) is 3.33. The first-order valence-electron chi connectivity index (χ1n) is 9.21. The highest BCUT2D eigenvalue weighted by Gasteiger charge is 2.18. The first-order valence-corrected chi connectivity index (χ1v) is 9.59. The second kappa shape index (κ2) is 9.03. The minimum absolute atomic E-state index is 0.846. The van der Waals surface area contributed by atoms with E-state index in [9.17, 15) is 0 Å². The van der Waals surface area contributed by atoms with Gasteiger partial charge in [-0.3, -0.25) is 9.80 Å². The van der Waals surface area contributed by atoms with Crippen molar-refractivity contribution >= 4 is 11.6 Å². The minimum Gasteiger partial charge on any atom is -0.302 e. The zero-order valence-corrected chi connectivity index (χ0v) is 15.0. The van der Waals surface area contributed by atoms with Crippen molar-refractivity contribution in [3.05, 3.63) is 34.9 Å².